The van der Waals surface area contributed by atoms with Gasteiger partial charge in [-0.25, -0.2) is 4.79 Å². The van der Waals surface area contributed by atoms with Crippen molar-refractivity contribution < 1.29 is 14.6 Å². The lowest BCUT2D eigenvalue weighted by Crippen LogP contribution is -2.24. The molecule has 1 heterocycles. The van der Waals surface area contributed by atoms with Gasteiger partial charge in [0.2, 0.25) is 0 Å². The van der Waals surface area contributed by atoms with E-state index in [2.05, 4.69) is 15.9 Å². The molecule has 2 rings (SSSR count). The topological polar surface area (TPSA) is 68.5 Å². The maximum absolute atomic E-state index is 12.0. The van der Waals surface area contributed by atoms with E-state index in [0.717, 1.165) is 4.47 Å². The molecule has 0 bridgehead atoms. The molecule has 1 aromatic carbocycles. The normalized spacial score (nSPS) is 10.3. The average molecular weight is 338 g/mol. The summed E-state index contributed by atoms with van der Waals surface area (Å²) in [5.41, 5.74) is 0.0548. The summed E-state index contributed by atoms with van der Waals surface area (Å²) in [4.78, 5) is 23.4. The Morgan fingerprint density at radius 3 is 2.60 bits per heavy atom. The average Bonchev–Trinajstić information content (AvgIpc) is 2.41. The fourth-order valence-corrected chi connectivity index (χ4v) is 2.31. The lowest BCUT2D eigenvalue weighted by molar-refractivity contribution is 0.0695. The monoisotopic (exact) mass is 337 g/mol. The van der Waals surface area contributed by atoms with Crippen molar-refractivity contribution in [3.63, 3.8) is 0 Å². The zero-order chi connectivity index (χ0) is 14.9. The van der Waals surface area contributed by atoms with E-state index in [1.165, 1.54) is 24.9 Å². The van der Waals surface area contributed by atoms with E-state index >= 15 is 0 Å². The number of halogens is 1. The minimum atomic E-state index is -1.26. The number of aromatic nitrogens is 1. The second-order valence-corrected chi connectivity index (χ2v) is 5.09. The van der Waals surface area contributed by atoms with Crippen LogP contribution in [0.5, 0.6) is 5.75 Å². The summed E-state index contributed by atoms with van der Waals surface area (Å²) >= 11 is 3.33. The summed E-state index contributed by atoms with van der Waals surface area (Å²) in [5.74, 6) is -0.757. The molecule has 0 unspecified atom stereocenters. The molecule has 0 aliphatic heterocycles. The number of methoxy groups -OCH3 is 1. The third-order valence-corrected chi connectivity index (χ3v) is 3.43. The molecule has 0 saturated heterocycles. The Morgan fingerprint density at radius 2 is 2.00 bits per heavy atom. The molecule has 0 amide bonds. The molecule has 104 valence electrons. The predicted octanol–water partition coefficient (Wildman–Crippen LogP) is 2.52. The van der Waals surface area contributed by atoms with Crippen molar-refractivity contribution in [3.05, 3.63) is 50.9 Å². The van der Waals surface area contributed by atoms with E-state index in [1.54, 1.807) is 24.3 Å². The highest BCUT2D eigenvalue weighted by Crippen LogP contribution is 2.33. The van der Waals surface area contributed by atoms with Crippen LogP contribution in [0, 0.1) is 0 Å². The molecule has 1 N–H and O–H groups in total. The minimum Gasteiger partial charge on any atom is -0.496 e. The highest BCUT2D eigenvalue weighted by Gasteiger charge is 2.19. The molecule has 0 aliphatic rings. The van der Waals surface area contributed by atoms with Crippen molar-refractivity contribution in [2.45, 2.75) is 0 Å². The number of carboxylic acids is 1. The summed E-state index contributed by atoms with van der Waals surface area (Å²) < 4.78 is 7.24. The van der Waals surface area contributed by atoms with E-state index in [1.807, 2.05) is 0 Å². The van der Waals surface area contributed by atoms with Crippen molar-refractivity contribution in [1.29, 1.82) is 0 Å². The smallest absolute Gasteiger partial charge is 0.341 e. The number of nitrogens with zero attached hydrogens (tertiary/aromatic N) is 1. The Labute approximate surface area is 123 Å². The number of hydrogen-bond acceptors (Lipinski definition) is 3. The van der Waals surface area contributed by atoms with Crippen LogP contribution in [-0.2, 0) is 7.05 Å². The molecular weight excluding hydrogens is 326 g/mol. The standard InChI is InChI=1S/C14H12BrNO4/c1-16-6-5-9(12(13(16)17)14(18)19)10-7-8(15)3-4-11(10)20-2/h3-7H,1-2H3,(H,18,19). The molecule has 0 fully saturated rings. The van der Waals surface area contributed by atoms with Crippen LogP contribution in [0.1, 0.15) is 10.4 Å². The summed E-state index contributed by atoms with van der Waals surface area (Å²) in [6, 6.07) is 6.81. The summed E-state index contributed by atoms with van der Waals surface area (Å²) in [5, 5.41) is 9.30. The first-order valence-electron chi connectivity index (χ1n) is 5.72. The van der Waals surface area contributed by atoms with E-state index < -0.39 is 11.5 Å². The maximum Gasteiger partial charge on any atom is 0.341 e. The van der Waals surface area contributed by atoms with Gasteiger partial charge in [-0.05, 0) is 24.3 Å². The summed E-state index contributed by atoms with van der Waals surface area (Å²) in [6.45, 7) is 0. The zero-order valence-corrected chi connectivity index (χ0v) is 12.5. The molecule has 0 atom stereocenters. The number of aromatic carboxylic acids is 1. The SMILES string of the molecule is COc1ccc(Br)cc1-c1ccn(C)c(=O)c1C(=O)O. The van der Waals surface area contributed by atoms with Crippen molar-refractivity contribution >= 4 is 21.9 Å². The van der Waals surface area contributed by atoms with Gasteiger partial charge in [-0.3, -0.25) is 4.79 Å². The molecule has 0 spiro atoms. The molecule has 0 saturated carbocycles. The van der Waals surface area contributed by atoms with Crippen LogP contribution in [0.15, 0.2) is 39.7 Å². The zero-order valence-electron chi connectivity index (χ0n) is 10.9. The van der Waals surface area contributed by atoms with Crippen LogP contribution in [0.25, 0.3) is 11.1 Å². The van der Waals surface area contributed by atoms with Crippen LogP contribution in [0.2, 0.25) is 0 Å². The number of aryl methyl sites for hydroxylation is 1. The number of rotatable bonds is 3. The summed E-state index contributed by atoms with van der Waals surface area (Å²) in [7, 11) is 3.00. The van der Waals surface area contributed by atoms with E-state index in [9.17, 15) is 14.7 Å². The van der Waals surface area contributed by atoms with Gasteiger partial charge in [0.25, 0.3) is 5.56 Å². The predicted molar refractivity (Wildman–Crippen MR) is 78.3 cm³/mol. The largest absolute Gasteiger partial charge is 0.496 e. The molecule has 6 heteroatoms. The quantitative estimate of drug-likeness (QED) is 0.934. The van der Waals surface area contributed by atoms with Crippen molar-refractivity contribution in [2.75, 3.05) is 7.11 Å². The second-order valence-electron chi connectivity index (χ2n) is 4.17. The number of pyridine rings is 1. The van der Waals surface area contributed by atoms with Gasteiger partial charge in [0, 0.05) is 28.8 Å². The Kier molecular flexibility index (Phi) is 3.94. The van der Waals surface area contributed by atoms with Gasteiger partial charge < -0.3 is 14.4 Å². The van der Waals surface area contributed by atoms with Gasteiger partial charge in [0.15, 0.2) is 0 Å². The van der Waals surface area contributed by atoms with Crippen LogP contribution in [0.4, 0.5) is 0 Å². The first-order valence-corrected chi connectivity index (χ1v) is 6.52. The first-order chi connectivity index (χ1) is 9.45. The third kappa shape index (κ3) is 2.46. The van der Waals surface area contributed by atoms with E-state index in [4.69, 9.17) is 4.74 Å². The fraction of sp³-hybridized carbons (Fsp3) is 0.143. The molecule has 20 heavy (non-hydrogen) atoms. The van der Waals surface area contributed by atoms with Crippen LogP contribution < -0.4 is 10.3 Å². The van der Waals surface area contributed by atoms with Crippen molar-refractivity contribution in [3.8, 4) is 16.9 Å². The second kappa shape index (κ2) is 5.50. The maximum atomic E-state index is 12.0. The fourth-order valence-electron chi connectivity index (χ4n) is 1.95. The lowest BCUT2D eigenvalue weighted by atomic mass is 10.0. The van der Waals surface area contributed by atoms with E-state index in [0.29, 0.717) is 16.9 Å². The number of carbonyl (C=O) groups is 1. The van der Waals surface area contributed by atoms with Gasteiger partial charge in [-0.2, -0.15) is 0 Å². The van der Waals surface area contributed by atoms with Gasteiger partial charge in [-0.1, -0.05) is 15.9 Å². The number of hydrogen-bond donors (Lipinski definition) is 1. The van der Waals surface area contributed by atoms with Gasteiger partial charge in [0.05, 0.1) is 7.11 Å². The van der Waals surface area contributed by atoms with Crippen molar-refractivity contribution in [2.24, 2.45) is 7.05 Å². The molecular formula is C14H12BrNO4. The van der Waals surface area contributed by atoms with E-state index in [-0.39, 0.29) is 5.56 Å². The van der Waals surface area contributed by atoms with Crippen LogP contribution in [0.3, 0.4) is 0 Å². The van der Waals surface area contributed by atoms with Crippen molar-refractivity contribution in [1.82, 2.24) is 4.57 Å². The molecule has 0 radical (unpaired) electrons. The number of carboxylic acid groups (broad SMARTS) is 1. The molecule has 2 aromatic rings. The van der Waals surface area contributed by atoms with Crippen LogP contribution in [-0.4, -0.2) is 22.8 Å². The molecule has 0 aliphatic carbocycles. The summed E-state index contributed by atoms with van der Waals surface area (Å²) in [6.07, 6.45) is 1.53. The highest BCUT2D eigenvalue weighted by molar-refractivity contribution is 9.10. The van der Waals surface area contributed by atoms with Crippen LogP contribution >= 0.6 is 15.9 Å². The number of ether oxygens (including phenoxy) is 1. The molecule has 1 aromatic heterocycles. The van der Waals surface area contributed by atoms with Gasteiger partial charge in [0.1, 0.15) is 11.3 Å². The van der Waals surface area contributed by atoms with Gasteiger partial charge in [-0.15, -0.1) is 0 Å². The Balaban J connectivity index is 2.83. The number of benzene rings is 1. The molecule has 5 nitrogen and oxygen atoms in total. The Bertz CT molecular complexity index is 736. The first kappa shape index (κ1) is 14.3. The Morgan fingerprint density at radius 1 is 1.30 bits per heavy atom. The third-order valence-electron chi connectivity index (χ3n) is 2.93. The minimum absolute atomic E-state index is 0.272. The van der Waals surface area contributed by atoms with Gasteiger partial charge >= 0.3 is 5.97 Å². The lowest BCUT2D eigenvalue weighted by Gasteiger charge is -2.12. The highest BCUT2D eigenvalue weighted by atomic mass is 79.9. The Hall–Kier alpha value is -2.08.